The molecule has 1 aromatic heterocycles. The van der Waals surface area contributed by atoms with Gasteiger partial charge >= 0.3 is 5.97 Å². The monoisotopic (exact) mass is 275 g/mol. The lowest BCUT2D eigenvalue weighted by molar-refractivity contribution is 0.0692. The molecule has 5 heteroatoms. The molecule has 3 rings (SSSR count). The molecule has 1 N–H and O–H groups in total. The van der Waals surface area contributed by atoms with Gasteiger partial charge in [0.15, 0.2) is 5.69 Å². The number of fused-ring (bicyclic) bond motifs is 1. The van der Waals surface area contributed by atoms with Crippen LogP contribution in [0, 0.1) is 0 Å². The highest BCUT2D eigenvalue weighted by Crippen LogP contribution is 2.35. The van der Waals surface area contributed by atoms with Gasteiger partial charge in [-0.3, -0.25) is 0 Å². The summed E-state index contributed by atoms with van der Waals surface area (Å²) in [7, 11) is 0. The summed E-state index contributed by atoms with van der Waals surface area (Å²) in [6, 6.07) is 5.83. The maximum absolute atomic E-state index is 11.3. The van der Waals surface area contributed by atoms with Crippen molar-refractivity contribution >= 4 is 17.3 Å². The maximum Gasteiger partial charge on any atom is 0.356 e. The Morgan fingerprint density at radius 2 is 2.37 bits per heavy atom. The van der Waals surface area contributed by atoms with Gasteiger partial charge in [-0.05, 0) is 35.7 Å². The SMILES string of the molecule is CCc1nc(C(=O)O)c(-c2ccc3c(c2)CCO3)s1. The van der Waals surface area contributed by atoms with E-state index in [2.05, 4.69) is 4.98 Å². The average Bonchev–Trinajstić information content (AvgIpc) is 3.04. The zero-order chi connectivity index (χ0) is 13.4. The maximum atomic E-state index is 11.3. The minimum Gasteiger partial charge on any atom is -0.493 e. The van der Waals surface area contributed by atoms with Crippen molar-refractivity contribution in [1.29, 1.82) is 0 Å². The van der Waals surface area contributed by atoms with E-state index >= 15 is 0 Å². The van der Waals surface area contributed by atoms with Crippen molar-refractivity contribution in [2.75, 3.05) is 6.61 Å². The third kappa shape index (κ3) is 2.10. The Morgan fingerprint density at radius 1 is 1.53 bits per heavy atom. The molecule has 1 aromatic carbocycles. The van der Waals surface area contributed by atoms with Crippen molar-refractivity contribution in [2.45, 2.75) is 19.8 Å². The van der Waals surface area contributed by atoms with Crippen LogP contribution in [0.3, 0.4) is 0 Å². The molecular formula is C14H13NO3S. The van der Waals surface area contributed by atoms with Crippen LogP contribution in [0.1, 0.15) is 28.0 Å². The number of carboxylic acid groups (broad SMARTS) is 1. The fourth-order valence-electron chi connectivity index (χ4n) is 2.18. The van der Waals surface area contributed by atoms with E-state index in [1.807, 2.05) is 25.1 Å². The first-order valence-electron chi connectivity index (χ1n) is 6.18. The summed E-state index contributed by atoms with van der Waals surface area (Å²) in [5, 5.41) is 10.1. The van der Waals surface area contributed by atoms with E-state index in [0.717, 1.165) is 39.6 Å². The molecule has 0 fully saturated rings. The molecule has 0 unspecified atom stereocenters. The third-order valence-electron chi connectivity index (χ3n) is 3.13. The van der Waals surface area contributed by atoms with Crippen molar-refractivity contribution < 1.29 is 14.6 Å². The Labute approximate surface area is 114 Å². The number of aromatic nitrogens is 1. The van der Waals surface area contributed by atoms with Gasteiger partial charge in [-0.2, -0.15) is 0 Å². The highest BCUT2D eigenvalue weighted by atomic mass is 32.1. The van der Waals surface area contributed by atoms with Gasteiger partial charge in [-0.15, -0.1) is 11.3 Å². The minimum atomic E-state index is -0.970. The van der Waals surface area contributed by atoms with Crippen LogP contribution in [-0.2, 0) is 12.8 Å². The van der Waals surface area contributed by atoms with Crippen molar-refractivity contribution in [3.63, 3.8) is 0 Å². The first-order valence-corrected chi connectivity index (χ1v) is 6.99. The normalized spacial score (nSPS) is 13.1. The largest absolute Gasteiger partial charge is 0.493 e. The fourth-order valence-corrected chi connectivity index (χ4v) is 3.18. The minimum absolute atomic E-state index is 0.153. The van der Waals surface area contributed by atoms with Gasteiger partial charge in [0.1, 0.15) is 5.75 Å². The van der Waals surface area contributed by atoms with Crippen LogP contribution in [0.4, 0.5) is 0 Å². The molecular weight excluding hydrogens is 262 g/mol. The van der Waals surface area contributed by atoms with Gasteiger partial charge in [0.25, 0.3) is 0 Å². The van der Waals surface area contributed by atoms with Crippen LogP contribution >= 0.6 is 11.3 Å². The summed E-state index contributed by atoms with van der Waals surface area (Å²) >= 11 is 1.45. The Morgan fingerprint density at radius 3 is 3.11 bits per heavy atom. The van der Waals surface area contributed by atoms with Gasteiger partial charge in [-0.25, -0.2) is 9.78 Å². The molecule has 0 spiro atoms. The van der Waals surface area contributed by atoms with Crippen LogP contribution in [0.15, 0.2) is 18.2 Å². The molecule has 19 heavy (non-hydrogen) atoms. The second-order valence-electron chi connectivity index (χ2n) is 4.37. The van der Waals surface area contributed by atoms with E-state index in [1.54, 1.807) is 0 Å². The van der Waals surface area contributed by atoms with Crippen molar-refractivity contribution in [3.8, 4) is 16.2 Å². The molecule has 1 aliphatic heterocycles. The van der Waals surface area contributed by atoms with E-state index in [0.29, 0.717) is 6.61 Å². The first kappa shape index (κ1) is 12.2. The van der Waals surface area contributed by atoms with E-state index in [4.69, 9.17) is 4.74 Å². The first-order chi connectivity index (χ1) is 9.19. The number of hydrogen-bond acceptors (Lipinski definition) is 4. The Balaban J connectivity index is 2.10. The summed E-state index contributed by atoms with van der Waals surface area (Å²) in [5.41, 5.74) is 2.21. The molecule has 0 aliphatic carbocycles. The summed E-state index contributed by atoms with van der Waals surface area (Å²) in [4.78, 5) is 16.2. The zero-order valence-corrected chi connectivity index (χ0v) is 11.3. The molecule has 0 radical (unpaired) electrons. The van der Waals surface area contributed by atoms with Crippen LogP contribution < -0.4 is 4.74 Å². The predicted octanol–water partition coefficient (Wildman–Crippen LogP) is 3.01. The van der Waals surface area contributed by atoms with Gasteiger partial charge in [0, 0.05) is 6.42 Å². The van der Waals surface area contributed by atoms with E-state index < -0.39 is 5.97 Å². The van der Waals surface area contributed by atoms with Crippen LogP contribution in [0.2, 0.25) is 0 Å². The molecule has 0 saturated heterocycles. The van der Waals surface area contributed by atoms with Gasteiger partial charge < -0.3 is 9.84 Å². The van der Waals surface area contributed by atoms with Crippen LogP contribution in [0.5, 0.6) is 5.75 Å². The van der Waals surface area contributed by atoms with Gasteiger partial charge in [0.2, 0.25) is 0 Å². The third-order valence-corrected chi connectivity index (χ3v) is 4.38. The van der Waals surface area contributed by atoms with E-state index in [1.165, 1.54) is 11.3 Å². The Kier molecular flexibility index (Phi) is 2.98. The quantitative estimate of drug-likeness (QED) is 0.935. The van der Waals surface area contributed by atoms with Crippen molar-refractivity contribution in [3.05, 3.63) is 34.5 Å². The van der Waals surface area contributed by atoms with Crippen molar-refractivity contribution in [1.82, 2.24) is 4.98 Å². The highest BCUT2D eigenvalue weighted by molar-refractivity contribution is 7.15. The number of hydrogen-bond donors (Lipinski definition) is 1. The lowest BCUT2D eigenvalue weighted by atomic mass is 10.1. The van der Waals surface area contributed by atoms with Crippen LogP contribution in [-0.4, -0.2) is 22.7 Å². The van der Waals surface area contributed by atoms with Crippen molar-refractivity contribution in [2.24, 2.45) is 0 Å². The second-order valence-corrected chi connectivity index (χ2v) is 5.45. The zero-order valence-electron chi connectivity index (χ0n) is 10.5. The molecule has 2 aromatic rings. The molecule has 0 saturated carbocycles. The highest BCUT2D eigenvalue weighted by Gasteiger charge is 2.20. The van der Waals surface area contributed by atoms with E-state index in [9.17, 15) is 9.90 Å². The number of thiazole rings is 1. The second kappa shape index (κ2) is 4.66. The predicted molar refractivity (Wildman–Crippen MR) is 73.1 cm³/mol. The van der Waals surface area contributed by atoms with Crippen LogP contribution in [0.25, 0.3) is 10.4 Å². The topological polar surface area (TPSA) is 59.4 Å². The van der Waals surface area contributed by atoms with Gasteiger partial charge in [-0.1, -0.05) is 6.92 Å². The number of benzene rings is 1. The lowest BCUT2D eigenvalue weighted by Gasteiger charge is -2.02. The number of carboxylic acids is 1. The summed E-state index contributed by atoms with van der Waals surface area (Å²) < 4.78 is 5.46. The standard InChI is InChI=1S/C14H13NO3S/c1-2-11-15-12(14(16)17)13(19-11)9-3-4-10-8(7-9)5-6-18-10/h3-4,7H,2,5-6H2,1H3,(H,16,17). The molecule has 0 bridgehead atoms. The molecule has 0 atom stereocenters. The summed E-state index contributed by atoms with van der Waals surface area (Å²) in [5.74, 6) is -0.0662. The number of rotatable bonds is 3. The van der Waals surface area contributed by atoms with E-state index in [-0.39, 0.29) is 5.69 Å². The number of carbonyl (C=O) groups is 1. The summed E-state index contributed by atoms with van der Waals surface area (Å²) in [6.07, 6.45) is 1.63. The molecule has 98 valence electrons. The number of nitrogens with zero attached hydrogens (tertiary/aromatic N) is 1. The summed E-state index contributed by atoms with van der Waals surface area (Å²) in [6.45, 7) is 2.68. The Hall–Kier alpha value is -1.88. The fraction of sp³-hybridized carbons (Fsp3) is 0.286. The number of aryl methyl sites for hydroxylation is 1. The Bertz CT molecular complexity index is 648. The number of ether oxygens (including phenoxy) is 1. The molecule has 0 amide bonds. The molecule has 2 heterocycles. The van der Waals surface area contributed by atoms with Gasteiger partial charge in [0.05, 0.1) is 16.5 Å². The molecule has 1 aliphatic rings. The molecule has 4 nitrogen and oxygen atoms in total. The smallest absolute Gasteiger partial charge is 0.356 e. The number of aromatic carboxylic acids is 1. The lowest BCUT2D eigenvalue weighted by Crippen LogP contribution is -1.99. The average molecular weight is 275 g/mol.